The van der Waals surface area contributed by atoms with Crippen LogP contribution in [0.5, 0.6) is 11.5 Å². The second kappa shape index (κ2) is 7.51. The lowest BCUT2D eigenvalue weighted by Crippen LogP contribution is -2.40. The Labute approximate surface area is 173 Å². The minimum Gasteiger partial charge on any atom is -0.497 e. The predicted molar refractivity (Wildman–Crippen MR) is 114 cm³/mol. The molecule has 0 spiro atoms. The summed E-state index contributed by atoms with van der Waals surface area (Å²) in [4.78, 5) is 25.7. The van der Waals surface area contributed by atoms with Gasteiger partial charge >= 0.3 is 6.03 Å². The van der Waals surface area contributed by atoms with Crippen molar-refractivity contribution in [2.75, 3.05) is 14.2 Å². The van der Waals surface area contributed by atoms with Crippen LogP contribution >= 0.6 is 0 Å². The summed E-state index contributed by atoms with van der Waals surface area (Å²) in [5, 5.41) is 9.71. The minimum absolute atomic E-state index is 0.465. The lowest BCUT2D eigenvalue weighted by atomic mass is 9.92. The first-order valence-corrected chi connectivity index (χ1v) is 9.39. The number of hydrazone groups is 1. The third kappa shape index (κ3) is 3.14. The van der Waals surface area contributed by atoms with Crippen LogP contribution < -0.4 is 14.8 Å². The van der Waals surface area contributed by atoms with Crippen molar-refractivity contribution in [2.24, 2.45) is 5.10 Å². The molecule has 30 heavy (non-hydrogen) atoms. The van der Waals surface area contributed by atoms with Gasteiger partial charge in [0.1, 0.15) is 17.0 Å². The van der Waals surface area contributed by atoms with E-state index in [9.17, 15) is 9.59 Å². The van der Waals surface area contributed by atoms with E-state index < -0.39 is 17.5 Å². The molecule has 1 N–H and O–H groups in total. The highest BCUT2D eigenvalue weighted by Gasteiger charge is 2.49. The van der Waals surface area contributed by atoms with E-state index in [0.29, 0.717) is 22.6 Å². The summed E-state index contributed by atoms with van der Waals surface area (Å²) < 4.78 is 10.6. The molecule has 3 amide bonds. The Morgan fingerprint density at radius 1 is 0.967 bits per heavy atom. The van der Waals surface area contributed by atoms with Crippen LogP contribution in [0, 0.1) is 0 Å². The Kier molecular flexibility index (Phi) is 4.87. The number of nitrogens with zero attached hydrogens (tertiary/aromatic N) is 2. The van der Waals surface area contributed by atoms with E-state index in [0.717, 1.165) is 15.8 Å². The quantitative estimate of drug-likeness (QED) is 0.521. The lowest BCUT2D eigenvalue weighted by Gasteiger charge is -2.21. The fourth-order valence-corrected chi connectivity index (χ4v) is 3.55. The van der Waals surface area contributed by atoms with Gasteiger partial charge in [0.25, 0.3) is 5.91 Å². The van der Waals surface area contributed by atoms with Gasteiger partial charge in [0.2, 0.25) is 0 Å². The number of rotatable bonds is 5. The van der Waals surface area contributed by atoms with E-state index in [4.69, 9.17) is 9.47 Å². The number of nitrogens with one attached hydrogen (secondary N) is 1. The van der Waals surface area contributed by atoms with Crippen LogP contribution in [0.3, 0.4) is 0 Å². The number of carbonyl (C=O) groups excluding carboxylic acids is 2. The fraction of sp³-hybridized carbons (Fsp3) is 0.174. The molecule has 0 bridgehead atoms. The fourth-order valence-electron chi connectivity index (χ4n) is 3.55. The summed E-state index contributed by atoms with van der Waals surface area (Å²) in [7, 11) is 3.13. The van der Waals surface area contributed by atoms with E-state index in [-0.39, 0.29) is 0 Å². The van der Waals surface area contributed by atoms with E-state index in [1.165, 1.54) is 6.21 Å². The number of methoxy groups -OCH3 is 2. The second-order valence-electron chi connectivity index (χ2n) is 7.05. The molecule has 152 valence electrons. The lowest BCUT2D eigenvalue weighted by molar-refractivity contribution is -0.131. The van der Waals surface area contributed by atoms with Crippen LogP contribution in [0.25, 0.3) is 10.8 Å². The summed E-state index contributed by atoms with van der Waals surface area (Å²) in [5.74, 6) is 0.799. The summed E-state index contributed by atoms with van der Waals surface area (Å²) in [6, 6.07) is 17.9. The average molecular weight is 403 g/mol. The number of hydrogen-bond acceptors (Lipinski definition) is 5. The van der Waals surface area contributed by atoms with Crippen molar-refractivity contribution in [3.8, 4) is 11.5 Å². The maximum Gasteiger partial charge on any atom is 0.346 e. The highest BCUT2D eigenvalue weighted by atomic mass is 16.5. The third-order valence-electron chi connectivity index (χ3n) is 5.29. The van der Waals surface area contributed by atoms with Crippen molar-refractivity contribution in [1.29, 1.82) is 0 Å². The summed E-state index contributed by atoms with van der Waals surface area (Å²) in [5.41, 5.74) is 0.111. The van der Waals surface area contributed by atoms with Gasteiger partial charge in [-0.3, -0.25) is 4.79 Å². The van der Waals surface area contributed by atoms with Crippen LogP contribution in [-0.2, 0) is 10.3 Å². The molecule has 3 aromatic carbocycles. The molecule has 0 aliphatic carbocycles. The Hall–Kier alpha value is -3.87. The largest absolute Gasteiger partial charge is 0.497 e. The molecule has 0 aromatic heterocycles. The number of imide groups is 1. The average Bonchev–Trinajstić information content (AvgIpc) is 3.00. The Bertz CT molecular complexity index is 1160. The first-order chi connectivity index (χ1) is 14.5. The van der Waals surface area contributed by atoms with Crippen molar-refractivity contribution in [1.82, 2.24) is 10.3 Å². The highest BCUT2D eigenvalue weighted by molar-refractivity contribution is 6.09. The smallest absolute Gasteiger partial charge is 0.346 e. The van der Waals surface area contributed by atoms with E-state index >= 15 is 0 Å². The Morgan fingerprint density at radius 3 is 2.40 bits per heavy atom. The normalized spacial score (nSPS) is 18.8. The van der Waals surface area contributed by atoms with E-state index in [2.05, 4.69) is 10.4 Å². The van der Waals surface area contributed by atoms with Gasteiger partial charge in [-0.2, -0.15) is 5.10 Å². The summed E-state index contributed by atoms with van der Waals surface area (Å²) >= 11 is 0. The van der Waals surface area contributed by atoms with Gasteiger partial charge in [-0.15, -0.1) is 5.01 Å². The van der Waals surface area contributed by atoms with Gasteiger partial charge in [-0.05, 0) is 41.5 Å². The number of ether oxygens (including phenoxy) is 2. The number of benzene rings is 3. The molecule has 0 radical (unpaired) electrons. The molecular formula is C23H21N3O4. The zero-order chi connectivity index (χ0) is 21.3. The number of carbonyl (C=O) groups is 2. The molecule has 3 aromatic rings. The van der Waals surface area contributed by atoms with Crippen molar-refractivity contribution in [3.05, 3.63) is 71.8 Å². The monoisotopic (exact) mass is 403 g/mol. The van der Waals surface area contributed by atoms with Crippen LogP contribution in [-0.4, -0.2) is 37.4 Å². The topological polar surface area (TPSA) is 80.2 Å². The second-order valence-corrected chi connectivity index (χ2v) is 7.05. The molecule has 0 saturated carbocycles. The number of amides is 3. The summed E-state index contributed by atoms with van der Waals surface area (Å²) in [6.07, 6.45) is 1.48. The molecule has 0 unspecified atom stereocenters. The Morgan fingerprint density at radius 2 is 1.70 bits per heavy atom. The van der Waals surface area contributed by atoms with Gasteiger partial charge in [0.05, 0.1) is 20.4 Å². The van der Waals surface area contributed by atoms with E-state index in [1.54, 1.807) is 45.4 Å². The third-order valence-corrected chi connectivity index (χ3v) is 5.29. The van der Waals surface area contributed by atoms with Gasteiger partial charge < -0.3 is 14.8 Å². The molecule has 4 rings (SSSR count). The Balaban J connectivity index is 1.69. The van der Waals surface area contributed by atoms with Gasteiger partial charge in [-0.1, -0.05) is 42.5 Å². The maximum absolute atomic E-state index is 13.1. The molecule has 1 aliphatic heterocycles. The SMILES string of the molecule is COc1ccc([C@]2(C)NC(=O)N(/N=C\c3c(OC)ccc4ccccc34)C2=O)cc1. The molecule has 1 aliphatic rings. The molecule has 7 nitrogen and oxygen atoms in total. The molecule has 1 saturated heterocycles. The van der Waals surface area contributed by atoms with Gasteiger partial charge in [0.15, 0.2) is 0 Å². The van der Waals surface area contributed by atoms with Crippen molar-refractivity contribution < 1.29 is 19.1 Å². The molecule has 7 heteroatoms. The van der Waals surface area contributed by atoms with Gasteiger partial charge in [0, 0.05) is 5.56 Å². The van der Waals surface area contributed by atoms with E-state index in [1.807, 2.05) is 36.4 Å². The van der Waals surface area contributed by atoms with Crippen molar-refractivity contribution in [3.63, 3.8) is 0 Å². The van der Waals surface area contributed by atoms with Crippen molar-refractivity contribution >= 4 is 28.9 Å². The first-order valence-electron chi connectivity index (χ1n) is 9.39. The number of fused-ring (bicyclic) bond motifs is 1. The standard InChI is InChI=1S/C23H21N3O4/c1-23(16-9-11-17(29-2)12-10-16)21(27)26(22(28)25-23)24-14-19-18-7-5-4-6-15(18)8-13-20(19)30-3/h4-14H,1-3H3,(H,25,28)/b24-14-/t23-/m0/s1. The number of hydrogen-bond donors (Lipinski definition) is 1. The first kappa shape index (κ1) is 19.4. The highest BCUT2D eigenvalue weighted by Crippen LogP contribution is 2.31. The zero-order valence-corrected chi connectivity index (χ0v) is 16.9. The maximum atomic E-state index is 13.1. The van der Waals surface area contributed by atoms with Crippen LogP contribution in [0.4, 0.5) is 4.79 Å². The number of urea groups is 1. The van der Waals surface area contributed by atoms with Crippen LogP contribution in [0.15, 0.2) is 65.8 Å². The van der Waals surface area contributed by atoms with Crippen LogP contribution in [0.2, 0.25) is 0 Å². The molecule has 1 heterocycles. The molecule has 1 atom stereocenters. The molecular weight excluding hydrogens is 382 g/mol. The summed E-state index contributed by atoms with van der Waals surface area (Å²) in [6.45, 7) is 1.66. The van der Waals surface area contributed by atoms with Crippen molar-refractivity contribution in [2.45, 2.75) is 12.5 Å². The zero-order valence-electron chi connectivity index (χ0n) is 16.9. The molecule has 1 fully saturated rings. The van der Waals surface area contributed by atoms with Gasteiger partial charge in [-0.25, -0.2) is 4.79 Å². The van der Waals surface area contributed by atoms with Crippen LogP contribution in [0.1, 0.15) is 18.1 Å². The predicted octanol–water partition coefficient (Wildman–Crippen LogP) is 3.66. The minimum atomic E-state index is -1.22.